The Balaban J connectivity index is 1.67. The van der Waals surface area contributed by atoms with E-state index in [-0.39, 0.29) is 0 Å². The molecule has 150 valence electrons. The van der Waals surface area contributed by atoms with Crippen molar-refractivity contribution in [1.82, 2.24) is 19.9 Å². The van der Waals surface area contributed by atoms with Crippen LogP contribution in [0.2, 0.25) is 0 Å². The lowest BCUT2D eigenvalue weighted by atomic mass is 10.0. The SMILES string of the molecule is CCC(C(=N)N1CCOc2ccc(-c3cnc4nc(C)[nH]c4c3)cc2C1)=C(C)C. The van der Waals surface area contributed by atoms with Crippen molar-refractivity contribution in [2.75, 3.05) is 13.2 Å². The highest BCUT2D eigenvalue weighted by Gasteiger charge is 2.20. The second-order valence-corrected chi connectivity index (χ2v) is 7.69. The minimum absolute atomic E-state index is 0.579. The highest BCUT2D eigenvalue weighted by atomic mass is 16.5. The predicted molar refractivity (Wildman–Crippen MR) is 116 cm³/mol. The van der Waals surface area contributed by atoms with E-state index in [4.69, 9.17) is 10.1 Å². The Morgan fingerprint density at radius 1 is 1.24 bits per heavy atom. The first-order valence-corrected chi connectivity index (χ1v) is 10.0. The number of benzene rings is 1. The van der Waals surface area contributed by atoms with E-state index in [1.165, 1.54) is 5.57 Å². The third-order valence-corrected chi connectivity index (χ3v) is 5.39. The molecule has 6 nitrogen and oxygen atoms in total. The largest absolute Gasteiger partial charge is 0.491 e. The number of rotatable bonds is 3. The molecule has 1 aliphatic heterocycles. The lowest BCUT2D eigenvalue weighted by molar-refractivity contribution is 0.289. The van der Waals surface area contributed by atoms with E-state index in [2.05, 4.69) is 58.8 Å². The molecule has 0 saturated carbocycles. The van der Waals surface area contributed by atoms with Crippen molar-refractivity contribution in [3.8, 4) is 16.9 Å². The summed E-state index contributed by atoms with van der Waals surface area (Å²) in [5.74, 6) is 2.36. The second kappa shape index (κ2) is 7.70. The number of allylic oxidation sites excluding steroid dienone is 1. The summed E-state index contributed by atoms with van der Waals surface area (Å²) in [6.07, 6.45) is 2.72. The smallest absolute Gasteiger partial charge is 0.177 e. The molecule has 0 fully saturated rings. The number of imidazole rings is 1. The molecule has 0 bridgehead atoms. The lowest BCUT2D eigenvalue weighted by Gasteiger charge is -2.25. The van der Waals surface area contributed by atoms with Gasteiger partial charge in [-0.1, -0.05) is 18.6 Å². The van der Waals surface area contributed by atoms with Crippen molar-refractivity contribution in [3.63, 3.8) is 0 Å². The minimum Gasteiger partial charge on any atom is -0.491 e. The van der Waals surface area contributed by atoms with Gasteiger partial charge in [0.2, 0.25) is 0 Å². The van der Waals surface area contributed by atoms with Gasteiger partial charge >= 0.3 is 0 Å². The summed E-state index contributed by atoms with van der Waals surface area (Å²) in [6, 6.07) is 8.34. The van der Waals surface area contributed by atoms with Gasteiger partial charge in [-0.05, 0) is 56.5 Å². The number of nitrogens with one attached hydrogen (secondary N) is 2. The standard InChI is InChI=1S/C23H27N5O/c1-5-19(14(2)3)22(24)28-8-9-29-21-7-6-16(10-18(21)13-28)17-11-20-23(25-12-17)27-15(4)26-20/h6-7,10-12,24H,5,8-9,13H2,1-4H3,(H,25,26,27). The molecule has 0 saturated heterocycles. The van der Waals surface area contributed by atoms with Gasteiger partial charge < -0.3 is 14.6 Å². The van der Waals surface area contributed by atoms with E-state index < -0.39 is 0 Å². The van der Waals surface area contributed by atoms with Gasteiger partial charge in [0, 0.05) is 23.9 Å². The Kier molecular flexibility index (Phi) is 5.09. The van der Waals surface area contributed by atoms with Gasteiger partial charge in [-0.25, -0.2) is 9.97 Å². The summed E-state index contributed by atoms with van der Waals surface area (Å²) < 4.78 is 5.98. The number of fused-ring (bicyclic) bond motifs is 2. The van der Waals surface area contributed by atoms with Crippen molar-refractivity contribution in [3.05, 3.63) is 53.0 Å². The molecular weight excluding hydrogens is 362 g/mol. The fourth-order valence-electron chi connectivity index (χ4n) is 3.89. The highest BCUT2D eigenvalue weighted by Crippen LogP contribution is 2.30. The zero-order chi connectivity index (χ0) is 20.5. The van der Waals surface area contributed by atoms with E-state index in [0.717, 1.165) is 51.4 Å². The number of hydrogen-bond donors (Lipinski definition) is 2. The molecule has 2 aromatic heterocycles. The van der Waals surface area contributed by atoms with Crippen LogP contribution in [0.25, 0.3) is 22.3 Å². The summed E-state index contributed by atoms with van der Waals surface area (Å²) in [5, 5.41) is 8.71. The third kappa shape index (κ3) is 3.75. The minimum atomic E-state index is 0.579. The van der Waals surface area contributed by atoms with Crippen LogP contribution in [-0.2, 0) is 6.54 Å². The Labute approximate surface area is 171 Å². The first kappa shape index (κ1) is 19.2. The van der Waals surface area contributed by atoms with Crippen LogP contribution in [0.1, 0.15) is 38.6 Å². The fraction of sp³-hybridized carbons (Fsp3) is 0.348. The molecule has 0 aliphatic carbocycles. The molecule has 0 atom stereocenters. The average molecular weight is 390 g/mol. The molecule has 4 rings (SSSR count). The molecule has 2 N–H and O–H groups in total. The maximum absolute atomic E-state index is 8.71. The van der Waals surface area contributed by atoms with E-state index in [1.807, 2.05) is 19.2 Å². The molecule has 1 aromatic carbocycles. The van der Waals surface area contributed by atoms with E-state index in [9.17, 15) is 0 Å². The monoisotopic (exact) mass is 389 g/mol. The summed E-state index contributed by atoms with van der Waals surface area (Å²) in [6.45, 7) is 10.1. The number of nitrogens with zero attached hydrogens (tertiary/aromatic N) is 3. The van der Waals surface area contributed by atoms with Gasteiger partial charge in [0.25, 0.3) is 0 Å². The van der Waals surface area contributed by atoms with Crippen LogP contribution < -0.4 is 4.74 Å². The van der Waals surface area contributed by atoms with Crippen LogP contribution in [-0.4, -0.2) is 38.8 Å². The molecular formula is C23H27N5O. The lowest BCUT2D eigenvalue weighted by Crippen LogP contribution is -2.33. The number of H-pyrrole nitrogens is 1. The molecule has 29 heavy (non-hydrogen) atoms. The molecule has 6 heteroatoms. The first-order valence-electron chi connectivity index (χ1n) is 10.0. The van der Waals surface area contributed by atoms with Crippen molar-refractivity contribution in [2.24, 2.45) is 0 Å². The molecule has 0 spiro atoms. The Morgan fingerprint density at radius 2 is 2.07 bits per heavy atom. The number of aromatic amines is 1. The van der Waals surface area contributed by atoms with E-state index >= 15 is 0 Å². The quantitative estimate of drug-likeness (QED) is 0.496. The summed E-state index contributed by atoms with van der Waals surface area (Å²) >= 11 is 0. The normalized spacial score (nSPS) is 13.6. The topological polar surface area (TPSA) is 77.9 Å². The second-order valence-electron chi connectivity index (χ2n) is 7.69. The van der Waals surface area contributed by atoms with Gasteiger partial charge in [0.1, 0.15) is 24.0 Å². The summed E-state index contributed by atoms with van der Waals surface area (Å²) in [5.41, 5.74) is 7.19. The molecule has 3 heterocycles. The highest BCUT2D eigenvalue weighted by molar-refractivity contribution is 5.96. The predicted octanol–water partition coefficient (Wildman–Crippen LogP) is 4.85. The average Bonchev–Trinajstić information content (AvgIpc) is 2.93. The van der Waals surface area contributed by atoms with Gasteiger partial charge in [0.15, 0.2) is 5.65 Å². The van der Waals surface area contributed by atoms with Crippen LogP contribution in [0.4, 0.5) is 0 Å². The Morgan fingerprint density at radius 3 is 2.83 bits per heavy atom. The third-order valence-electron chi connectivity index (χ3n) is 5.39. The molecule has 0 amide bonds. The Hall–Kier alpha value is -3.15. The van der Waals surface area contributed by atoms with Crippen LogP contribution >= 0.6 is 0 Å². The van der Waals surface area contributed by atoms with Gasteiger partial charge in [-0.3, -0.25) is 5.41 Å². The maximum atomic E-state index is 8.71. The van der Waals surface area contributed by atoms with Gasteiger partial charge in [-0.2, -0.15) is 0 Å². The maximum Gasteiger partial charge on any atom is 0.177 e. The zero-order valence-electron chi connectivity index (χ0n) is 17.5. The van der Waals surface area contributed by atoms with Crippen LogP contribution in [0, 0.1) is 12.3 Å². The number of aromatic nitrogens is 3. The number of ether oxygens (including phenoxy) is 1. The van der Waals surface area contributed by atoms with E-state index in [1.54, 1.807) is 0 Å². The molecule has 3 aromatic rings. The number of pyridine rings is 1. The van der Waals surface area contributed by atoms with Crippen LogP contribution in [0.15, 0.2) is 41.6 Å². The first-order chi connectivity index (χ1) is 14.0. The zero-order valence-corrected chi connectivity index (χ0v) is 17.5. The molecule has 1 aliphatic rings. The van der Waals surface area contributed by atoms with E-state index in [0.29, 0.717) is 25.5 Å². The van der Waals surface area contributed by atoms with Crippen molar-refractivity contribution in [2.45, 2.75) is 40.7 Å². The van der Waals surface area contributed by atoms with Crippen LogP contribution in [0.5, 0.6) is 5.75 Å². The number of amidine groups is 1. The van der Waals surface area contributed by atoms with Crippen molar-refractivity contribution < 1.29 is 4.74 Å². The van der Waals surface area contributed by atoms with Gasteiger partial charge in [-0.15, -0.1) is 0 Å². The summed E-state index contributed by atoms with van der Waals surface area (Å²) in [7, 11) is 0. The molecule has 0 unspecified atom stereocenters. The van der Waals surface area contributed by atoms with Crippen molar-refractivity contribution >= 4 is 17.0 Å². The number of hydrogen-bond acceptors (Lipinski definition) is 4. The fourth-order valence-corrected chi connectivity index (χ4v) is 3.89. The summed E-state index contributed by atoms with van der Waals surface area (Å²) in [4.78, 5) is 14.2. The Bertz CT molecular complexity index is 1110. The van der Waals surface area contributed by atoms with Crippen LogP contribution in [0.3, 0.4) is 0 Å². The van der Waals surface area contributed by atoms with Crippen molar-refractivity contribution in [1.29, 1.82) is 5.41 Å². The molecule has 0 radical (unpaired) electrons. The number of aryl methyl sites for hydroxylation is 1. The van der Waals surface area contributed by atoms with Gasteiger partial charge in [0.05, 0.1) is 12.1 Å².